The summed E-state index contributed by atoms with van der Waals surface area (Å²) in [5, 5.41) is 16.8. The first-order valence-corrected chi connectivity index (χ1v) is 3.38. The quantitative estimate of drug-likeness (QED) is 0.568. The summed E-state index contributed by atoms with van der Waals surface area (Å²) in [5.74, 6) is -17.2. The Balaban J connectivity index is 5.38. The molecule has 1 amide bonds. The highest BCUT2D eigenvalue weighted by molar-refractivity contribution is 5.92. The average molecular weight is 229 g/mol. The lowest BCUT2D eigenvalue weighted by Crippen LogP contribution is -2.65. The largest absolute Gasteiger partial charge is 0.477 e. The smallest absolute Gasteiger partial charge is 0.404 e. The molecule has 0 aromatic rings. The molecule has 0 aliphatic carbocycles. The van der Waals surface area contributed by atoms with Crippen LogP contribution in [0.2, 0.25) is 0 Å². The van der Waals surface area contributed by atoms with E-state index in [9.17, 15) is 27.6 Å². The SMILES string of the molecule is CC(=O)N[C@](F)(C(=O)O)C(F)(F)C(=O)O. The molecule has 0 bridgehead atoms. The molecule has 1 atom stereocenters. The molecule has 0 aromatic heterocycles. The maximum absolute atomic E-state index is 13.1. The zero-order chi connectivity index (χ0) is 12.4. The summed E-state index contributed by atoms with van der Waals surface area (Å²) in [6, 6.07) is 0. The van der Waals surface area contributed by atoms with Gasteiger partial charge in [-0.25, -0.2) is 9.59 Å². The molecule has 0 saturated carbocycles. The average Bonchev–Trinajstić information content (AvgIpc) is 2.01. The van der Waals surface area contributed by atoms with Crippen LogP contribution in [0.3, 0.4) is 0 Å². The molecule has 6 nitrogen and oxygen atoms in total. The summed E-state index contributed by atoms with van der Waals surface area (Å²) in [5.41, 5.74) is 0. The summed E-state index contributed by atoms with van der Waals surface area (Å²) in [7, 11) is 0. The van der Waals surface area contributed by atoms with Crippen molar-refractivity contribution in [2.75, 3.05) is 0 Å². The van der Waals surface area contributed by atoms with Crippen LogP contribution in [-0.4, -0.2) is 39.8 Å². The van der Waals surface area contributed by atoms with Crippen molar-refractivity contribution < 1.29 is 37.8 Å². The van der Waals surface area contributed by atoms with Gasteiger partial charge in [0.25, 0.3) is 0 Å². The normalized spacial score (nSPS) is 15.2. The van der Waals surface area contributed by atoms with E-state index >= 15 is 0 Å². The van der Waals surface area contributed by atoms with E-state index in [0.29, 0.717) is 6.92 Å². The topological polar surface area (TPSA) is 104 Å². The number of hydrogen-bond acceptors (Lipinski definition) is 3. The van der Waals surface area contributed by atoms with Gasteiger partial charge in [0.1, 0.15) is 0 Å². The third-order valence-corrected chi connectivity index (χ3v) is 1.34. The zero-order valence-corrected chi connectivity index (χ0v) is 7.25. The molecule has 0 aliphatic rings. The second-order valence-corrected chi connectivity index (χ2v) is 2.52. The molecule has 9 heteroatoms. The van der Waals surface area contributed by atoms with Gasteiger partial charge in [0, 0.05) is 6.92 Å². The molecule has 0 saturated heterocycles. The maximum Gasteiger partial charge on any atom is 0.404 e. The van der Waals surface area contributed by atoms with Crippen LogP contribution < -0.4 is 5.32 Å². The number of carboxylic acids is 2. The van der Waals surface area contributed by atoms with Crippen LogP contribution in [0.15, 0.2) is 0 Å². The number of carbonyl (C=O) groups is 3. The van der Waals surface area contributed by atoms with Gasteiger partial charge in [-0.05, 0) is 0 Å². The van der Waals surface area contributed by atoms with Gasteiger partial charge in [0.2, 0.25) is 5.91 Å². The molecule has 0 fully saturated rings. The molecule has 0 aromatic carbocycles. The van der Waals surface area contributed by atoms with E-state index < -0.39 is 29.6 Å². The molecular formula is C6H6F3NO5. The van der Waals surface area contributed by atoms with Crippen LogP contribution in [0.1, 0.15) is 6.92 Å². The summed E-state index contributed by atoms with van der Waals surface area (Å²) in [4.78, 5) is 30.4. The van der Waals surface area contributed by atoms with E-state index in [1.807, 2.05) is 0 Å². The Morgan fingerprint density at radius 3 is 1.67 bits per heavy atom. The van der Waals surface area contributed by atoms with Gasteiger partial charge in [-0.1, -0.05) is 0 Å². The molecule has 0 radical (unpaired) electrons. The Labute approximate surface area is 80.7 Å². The fourth-order valence-corrected chi connectivity index (χ4v) is 0.656. The van der Waals surface area contributed by atoms with Crippen LogP contribution in [0.25, 0.3) is 0 Å². The van der Waals surface area contributed by atoms with Gasteiger partial charge in [-0.15, -0.1) is 0 Å². The van der Waals surface area contributed by atoms with E-state index in [0.717, 1.165) is 5.32 Å². The number of nitrogens with one attached hydrogen (secondary N) is 1. The van der Waals surface area contributed by atoms with E-state index in [4.69, 9.17) is 10.2 Å². The van der Waals surface area contributed by atoms with Crippen molar-refractivity contribution in [3.05, 3.63) is 0 Å². The van der Waals surface area contributed by atoms with Gasteiger partial charge in [0.05, 0.1) is 0 Å². The first-order valence-electron chi connectivity index (χ1n) is 3.38. The predicted molar refractivity (Wildman–Crippen MR) is 37.9 cm³/mol. The first kappa shape index (κ1) is 13.2. The standard InChI is InChI=1S/C6H6F3NO5/c1-2(11)10-6(9,4(14)15)5(7,8)3(12)13/h1H3,(H,10,11)(H,12,13)(H,14,15)/t6-/m1/s1. The molecular weight excluding hydrogens is 223 g/mol. The fraction of sp³-hybridized carbons (Fsp3) is 0.500. The lowest BCUT2D eigenvalue weighted by atomic mass is 10.1. The number of rotatable bonds is 4. The fourth-order valence-electron chi connectivity index (χ4n) is 0.656. The van der Waals surface area contributed by atoms with Crippen molar-refractivity contribution in [3.8, 4) is 0 Å². The molecule has 0 spiro atoms. The lowest BCUT2D eigenvalue weighted by molar-refractivity contribution is -0.209. The van der Waals surface area contributed by atoms with Crippen molar-refractivity contribution in [3.63, 3.8) is 0 Å². The van der Waals surface area contributed by atoms with Gasteiger partial charge in [0.15, 0.2) is 0 Å². The third-order valence-electron chi connectivity index (χ3n) is 1.34. The Morgan fingerprint density at radius 2 is 1.47 bits per heavy atom. The molecule has 0 aliphatic heterocycles. The number of halogens is 3. The molecule has 0 unspecified atom stereocenters. The van der Waals surface area contributed by atoms with Crippen molar-refractivity contribution in [1.29, 1.82) is 0 Å². The van der Waals surface area contributed by atoms with Gasteiger partial charge >= 0.3 is 23.7 Å². The zero-order valence-electron chi connectivity index (χ0n) is 7.25. The Kier molecular flexibility index (Phi) is 3.30. The van der Waals surface area contributed by atoms with Crippen molar-refractivity contribution in [2.45, 2.75) is 18.6 Å². The maximum atomic E-state index is 13.1. The highest BCUT2D eigenvalue weighted by atomic mass is 19.3. The van der Waals surface area contributed by atoms with Gasteiger partial charge < -0.3 is 15.5 Å². The molecule has 0 heterocycles. The second kappa shape index (κ2) is 3.75. The predicted octanol–water partition coefficient (Wildman–Crippen LogP) is -0.407. The van der Waals surface area contributed by atoms with Crippen LogP contribution in [0.4, 0.5) is 13.2 Å². The number of alkyl halides is 3. The second-order valence-electron chi connectivity index (χ2n) is 2.52. The molecule has 3 N–H and O–H groups in total. The minimum Gasteiger partial charge on any atom is -0.477 e. The number of carbonyl (C=O) groups excluding carboxylic acids is 1. The van der Waals surface area contributed by atoms with E-state index in [-0.39, 0.29) is 0 Å². The third kappa shape index (κ3) is 2.17. The number of aliphatic carboxylic acids is 2. The highest BCUT2D eigenvalue weighted by Gasteiger charge is 2.67. The summed E-state index contributed by atoms with van der Waals surface area (Å²) in [6.07, 6.45) is 0. The monoisotopic (exact) mass is 229 g/mol. The Bertz CT molecular complexity index is 318. The number of carboxylic acid groups (broad SMARTS) is 2. The number of hydrogen-bond donors (Lipinski definition) is 3. The Morgan fingerprint density at radius 1 is 1.07 bits per heavy atom. The van der Waals surface area contributed by atoms with Crippen LogP contribution in [-0.2, 0) is 14.4 Å². The van der Waals surface area contributed by atoms with E-state index in [2.05, 4.69) is 0 Å². The minimum atomic E-state index is -5.27. The highest BCUT2D eigenvalue weighted by Crippen LogP contribution is 2.31. The van der Waals surface area contributed by atoms with E-state index in [1.165, 1.54) is 0 Å². The van der Waals surface area contributed by atoms with Crippen LogP contribution in [0, 0.1) is 0 Å². The summed E-state index contributed by atoms with van der Waals surface area (Å²) in [6.45, 7) is 0.565. The van der Waals surface area contributed by atoms with Crippen LogP contribution >= 0.6 is 0 Å². The lowest BCUT2D eigenvalue weighted by Gasteiger charge is -2.26. The van der Waals surface area contributed by atoms with Crippen LogP contribution in [0.5, 0.6) is 0 Å². The van der Waals surface area contributed by atoms with E-state index in [1.54, 1.807) is 0 Å². The summed E-state index contributed by atoms with van der Waals surface area (Å²) < 4.78 is 38.4. The minimum absolute atomic E-state index is 0.565. The molecule has 86 valence electrons. The van der Waals surface area contributed by atoms with Gasteiger partial charge in [-0.2, -0.15) is 13.2 Å². The molecule has 15 heavy (non-hydrogen) atoms. The first-order chi connectivity index (χ1) is 6.55. The number of amides is 1. The molecule has 0 rings (SSSR count). The van der Waals surface area contributed by atoms with Gasteiger partial charge in [-0.3, -0.25) is 4.79 Å². The summed E-state index contributed by atoms with van der Waals surface area (Å²) >= 11 is 0. The van der Waals surface area contributed by atoms with Crippen molar-refractivity contribution in [2.24, 2.45) is 0 Å². The van der Waals surface area contributed by atoms with Crippen molar-refractivity contribution in [1.82, 2.24) is 5.32 Å². The van der Waals surface area contributed by atoms with Crippen molar-refractivity contribution >= 4 is 17.8 Å². The Hall–Kier alpha value is -1.80.